The van der Waals surface area contributed by atoms with E-state index in [1.54, 1.807) is 48.5 Å². The minimum atomic E-state index is -0.932. The minimum absolute atomic E-state index is 0.0830. The second-order valence-electron chi connectivity index (χ2n) is 9.08. The van der Waals surface area contributed by atoms with Gasteiger partial charge in [0.2, 0.25) is 0 Å². The number of hydrogen-bond donors (Lipinski definition) is 3. The van der Waals surface area contributed by atoms with E-state index >= 15 is 0 Å². The fourth-order valence-electron chi connectivity index (χ4n) is 4.20. The van der Waals surface area contributed by atoms with Gasteiger partial charge in [0.15, 0.2) is 0 Å². The zero-order chi connectivity index (χ0) is 27.6. The Kier molecular flexibility index (Phi) is 7.49. The van der Waals surface area contributed by atoms with Gasteiger partial charge in [-0.3, -0.25) is 9.59 Å². The van der Waals surface area contributed by atoms with Crippen molar-refractivity contribution in [3.63, 3.8) is 0 Å². The summed E-state index contributed by atoms with van der Waals surface area (Å²) in [5.41, 5.74) is 19.2. The average molecular weight is 521 g/mol. The third-order valence-electron chi connectivity index (χ3n) is 6.29. The van der Waals surface area contributed by atoms with Crippen LogP contribution in [0.15, 0.2) is 54.7 Å². The lowest BCUT2D eigenvalue weighted by Crippen LogP contribution is -2.32. The van der Waals surface area contributed by atoms with Crippen molar-refractivity contribution in [2.24, 2.45) is 11.5 Å². The molecule has 38 heavy (non-hydrogen) atoms. The van der Waals surface area contributed by atoms with E-state index in [-0.39, 0.29) is 30.0 Å². The number of nitrogens with two attached hydrogens (primary N) is 3. The lowest BCUT2D eigenvalue weighted by atomic mass is 10.1. The highest BCUT2D eigenvalue weighted by Gasteiger charge is 2.41. The van der Waals surface area contributed by atoms with E-state index in [1.165, 1.54) is 10.8 Å². The Hall–Kier alpha value is -4.64. The zero-order valence-electron chi connectivity index (χ0n) is 20.9. The Labute approximate surface area is 218 Å². The highest BCUT2D eigenvalue weighted by Crippen LogP contribution is 2.35. The molecule has 1 fully saturated rings. The number of aryl methyl sites for hydroxylation is 2. The van der Waals surface area contributed by atoms with Crippen molar-refractivity contribution in [3.8, 4) is 0 Å². The van der Waals surface area contributed by atoms with Gasteiger partial charge in [-0.1, -0.05) is 35.4 Å². The van der Waals surface area contributed by atoms with E-state index in [0.29, 0.717) is 11.1 Å². The fraction of sp³-hybridized carbons (Fsp3) is 0.259. The predicted octanol–water partition coefficient (Wildman–Crippen LogP) is 2.26. The molecule has 2 heterocycles. The molecule has 6 N–H and O–H groups in total. The second-order valence-corrected chi connectivity index (χ2v) is 9.08. The van der Waals surface area contributed by atoms with E-state index in [2.05, 4.69) is 0 Å². The molecule has 2 aromatic carbocycles. The summed E-state index contributed by atoms with van der Waals surface area (Å²) >= 11 is 0. The van der Waals surface area contributed by atoms with Gasteiger partial charge in [-0.2, -0.15) is 0 Å². The number of carbonyl (C=O) groups is 4. The molecule has 4 rings (SSSR count). The molecule has 11 heteroatoms. The van der Waals surface area contributed by atoms with Crippen LogP contribution in [0.3, 0.4) is 0 Å². The van der Waals surface area contributed by atoms with Gasteiger partial charge in [0.05, 0.1) is 22.3 Å². The van der Waals surface area contributed by atoms with Gasteiger partial charge < -0.3 is 36.0 Å². The standard InChI is InChI=1S/C27H28N4O7/c1-14-3-7-16(8-4-14)26(34)36-13-20-19(38-27(35)17-9-5-15(2)6-10-17)11-21(37-20)31-12-18(24(29)32)22(23(31)28)25(30)33/h3-10,12,19-21H,11,13,28H2,1-2H3,(H2,29,32)(H2,30,33)/t19-,20+,21+/m0/s1. The Morgan fingerprint density at radius 3 is 1.95 bits per heavy atom. The van der Waals surface area contributed by atoms with E-state index in [0.717, 1.165) is 11.1 Å². The third kappa shape index (κ3) is 5.52. The number of nitrogens with zero attached hydrogens (tertiary/aromatic N) is 1. The van der Waals surface area contributed by atoms with Crippen LogP contribution in [0.5, 0.6) is 0 Å². The van der Waals surface area contributed by atoms with E-state index in [9.17, 15) is 19.2 Å². The van der Waals surface area contributed by atoms with Crippen LogP contribution in [-0.2, 0) is 14.2 Å². The summed E-state index contributed by atoms with van der Waals surface area (Å²) in [7, 11) is 0. The molecule has 0 spiro atoms. The van der Waals surface area contributed by atoms with Crippen molar-refractivity contribution < 1.29 is 33.4 Å². The highest BCUT2D eigenvalue weighted by atomic mass is 16.6. The van der Waals surface area contributed by atoms with Gasteiger partial charge in [-0.05, 0) is 38.1 Å². The van der Waals surface area contributed by atoms with Crippen molar-refractivity contribution in [2.45, 2.75) is 38.7 Å². The number of esters is 2. The fourth-order valence-corrected chi connectivity index (χ4v) is 4.20. The third-order valence-corrected chi connectivity index (χ3v) is 6.29. The highest BCUT2D eigenvalue weighted by molar-refractivity contribution is 6.09. The first-order valence-corrected chi connectivity index (χ1v) is 11.8. The van der Waals surface area contributed by atoms with Crippen molar-refractivity contribution >= 4 is 29.6 Å². The lowest BCUT2D eigenvalue weighted by Gasteiger charge is -2.19. The Morgan fingerprint density at radius 2 is 1.45 bits per heavy atom. The molecule has 1 saturated heterocycles. The molecule has 2 amide bonds. The molecular weight excluding hydrogens is 492 g/mol. The van der Waals surface area contributed by atoms with Crippen LogP contribution >= 0.6 is 0 Å². The summed E-state index contributed by atoms with van der Waals surface area (Å²) in [5.74, 6) is -3.12. The van der Waals surface area contributed by atoms with Crippen LogP contribution in [-0.4, -0.2) is 47.1 Å². The number of anilines is 1. The summed E-state index contributed by atoms with van der Waals surface area (Å²) in [4.78, 5) is 49.2. The summed E-state index contributed by atoms with van der Waals surface area (Å²) < 4.78 is 18.6. The number of ether oxygens (including phenoxy) is 3. The number of rotatable bonds is 8. The number of amides is 2. The quantitative estimate of drug-likeness (QED) is 0.378. The second kappa shape index (κ2) is 10.8. The summed E-state index contributed by atoms with van der Waals surface area (Å²) in [5, 5.41) is 0. The molecule has 1 aliphatic heterocycles. The molecule has 3 aromatic rings. The predicted molar refractivity (Wildman–Crippen MR) is 136 cm³/mol. The van der Waals surface area contributed by atoms with Gasteiger partial charge in [0.25, 0.3) is 11.8 Å². The first-order chi connectivity index (χ1) is 18.0. The number of nitrogen functional groups attached to an aromatic ring is 1. The van der Waals surface area contributed by atoms with Crippen LogP contribution in [0.2, 0.25) is 0 Å². The molecule has 1 aliphatic rings. The first kappa shape index (κ1) is 26.4. The Bertz CT molecular complexity index is 1380. The zero-order valence-corrected chi connectivity index (χ0v) is 20.9. The van der Waals surface area contributed by atoms with Gasteiger partial charge in [0.1, 0.15) is 30.9 Å². The first-order valence-electron chi connectivity index (χ1n) is 11.8. The molecule has 0 bridgehead atoms. The number of benzene rings is 2. The number of hydrogen-bond acceptors (Lipinski definition) is 8. The monoisotopic (exact) mass is 520 g/mol. The van der Waals surface area contributed by atoms with E-state index in [4.69, 9.17) is 31.4 Å². The average Bonchev–Trinajstić information content (AvgIpc) is 3.43. The normalized spacial score (nSPS) is 18.6. The molecule has 198 valence electrons. The Balaban J connectivity index is 1.57. The number of primary amides is 2. The molecule has 0 saturated carbocycles. The molecule has 0 radical (unpaired) electrons. The number of carbonyl (C=O) groups excluding carboxylic acids is 4. The van der Waals surface area contributed by atoms with Gasteiger partial charge in [-0.25, -0.2) is 9.59 Å². The lowest BCUT2D eigenvalue weighted by molar-refractivity contribution is -0.0565. The van der Waals surface area contributed by atoms with Crippen molar-refractivity contribution in [2.75, 3.05) is 12.3 Å². The maximum Gasteiger partial charge on any atom is 0.338 e. The molecular formula is C27H28N4O7. The van der Waals surface area contributed by atoms with Crippen molar-refractivity contribution in [3.05, 3.63) is 88.1 Å². The molecule has 1 aromatic heterocycles. The van der Waals surface area contributed by atoms with Gasteiger partial charge in [-0.15, -0.1) is 0 Å². The topological polar surface area (TPSA) is 179 Å². The Morgan fingerprint density at radius 1 is 0.895 bits per heavy atom. The molecule has 0 unspecified atom stereocenters. The molecule has 0 aliphatic carbocycles. The smallest absolute Gasteiger partial charge is 0.338 e. The van der Waals surface area contributed by atoms with Crippen LogP contribution in [0.25, 0.3) is 0 Å². The summed E-state index contributed by atoms with van der Waals surface area (Å²) in [6.45, 7) is 3.56. The van der Waals surface area contributed by atoms with Crippen LogP contribution in [0.1, 0.15) is 65.2 Å². The van der Waals surface area contributed by atoms with Crippen molar-refractivity contribution in [1.29, 1.82) is 0 Å². The maximum atomic E-state index is 12.9. The van der Waals surface area contributed by atoms with Crippen LogP contribution in [0.4, 0.5) is 5.82 Å². The van der Waals surface area contributed by atoms with Crippen LogP contribution in [0, 0.1) is 13.8 Å². The SMILES string of the molecule is Cc1ccc(C(=O)OC[C@H]2O[C@@H](n3cc(C(N)=O)c(C(N)=O)c3N)C[C@@H]2OC(=O)c2ccc(C)cc2)cc1. The van der Waals surface area contributed by atoms with Crippen molar-refractivity contribution in [1.82, 2.24) is 4.57 Å². The van der Waals surface area contributed by atoms with Gasteiger partial charge in [0, 0.05) is 12.6 Å². The van der Waals surface area contributed by atoms with E-state index < -0.39 is 42.2 Å². The minimum Gasteiger partial charge on any atom is -0.459 e. The summed E-state index contributed by atoms with van der Waals surface area (Å²) in [6.07, 6.45) is -1.25. The molecule has 3 atom stereocenters. The molecule has 11 nitrogen and oxygen atoms in total. The van der Waals surface area contributed by atoms with Crippen LogP contribution < -0.4 is 17.2 Å². The maximum absolute atomic E-state index is 12.9. The number of aromatic nitrogens is 1. The van der Waals surface area contributed by atoms with E-state index in [1.807, 2.05) is 13.8 Å². The van der Waals surface area contributed by atoms with Gasteiger partial charge >= 0.3 is 11.9 Å². The summed E-state index contributed by atoms with van der Waals surface area (Å²) in [6, 6.07) is 13.7. The largest absolute Gasteiger partial charge is 0.459 e.